The van der Waals surface area contributed by atoms with Gasteiger partial charge in [0, 0.05) is 11.1 Å². The van der Waals surface area contributed by atoms with Gasteiger partial charge in [-0.25, -0.2) is 4.79 Å². The van der Waals surface area contributed by atoms with Crippen molar-refractivity contribution < 1.29 is 19.4 Å². The zero-order valence-electron chi connectivity index (χ0n) is 10.8. The molecule has 0 fully saturated rings. The highest BCUT2D eigenvalue weighted by molar-refractivity contribution is 6.30. The molecule has 20 heavy (non-hydrogen) atoms. The number of alkyl carbamates (subject to hydrolysis) is 1. The van der Waals surface area contributed by atoms with Crippen LogP contribution in [0.1, 0.15) is 12.0 Å². The number of carbonyl (C=O) groups excluding carboxylic acids is 1. The lowest BCUT2D eigenvalue weighted by Crippen LogP contribution is -2.38. The van der Waals surface area contributed by atoms with Gasteiger partial charge in [-0.3, -0.25) is 4.79 Å². The first-order valence-corrected chi connectivity index (χ1v) is 6.39. The summed E-state index contributed by atoms with van der Waals surface area (Å²) < 4.78 is 4.78. The number of rotatable bonds is 7. The van der Waals surface area contributed by atoms with E-state index in [-0.39, 0.29) is 13.0 Å². The molecule has 5 nitrogen and oxygen atoms in total. The van der Waals surface area contributed by atoms with Crippen molar-refractivity contribution in [3.05, 3.63) is 47.5 Å². The van der Waals surface area contributed by atoms with Gasteiger partial charge in [-0.1, -0.05) is 36.4 Å². The third kappa shape index (κ3) is 6.24. The summed E-state index contributed by atoms with van der Waals surface area (Å²) in [4.78, 5) is 22.3. The van der Waals surface area contributed by atoms with Crippen molar-refractivity contribution >= 4 is 23.7 Å². The molecule has 108 valence electrons. The van der Waals surface area contributed by atoms with E-state index in [1.165, 1.54) is 6.08 Å². The molecule has 1 rings (SSSR count). The third-order valence-electron chi connectivity index (χ3n) is 2.47. The highest BCUT2D eigenvalue weighted by Crippen LogP contribution is 2.12. The standard InChI is InChI=1S/C14H16ClNO4/c1-2-7-20-14(19)16-12(9-13(17)18)8-10-3-5-11(15)6-4-10/h2-6,12H,1,7-9H2,(H,16,19)(H,17,18)/t12-/m0/s1. The molecular weight excluding hydrogens is 282 g/mol. The van der Waals surface area contributed by atoms with E-state index in [4.69, 9.17) is 21.4 Å². The number of aliphatic carboxylic acids is 1. The summed E-state index contributed by atoms with van der Waals surface area (Å²) in [5, 5.41) is 12.0. The molecule has 0 radical (unpaired) electrons. The zero-order chi connectivity index (χ0) is 15.0. The predicted octanol–water partition coefficient (Wildman–Crippen LogP) is 2.64. The lowest BCUT2D eigenvalue weighted by atomic mass is 10.0. The van der Waals surface area contributed by atoms with Crippen LogP contribution >= 0.6 is 11.6 Å². The van der Waals surface area contributed by atoms with Crippen LogP contribution < -0.4 is 5.32 Å². The van der Waals surface area contributed by atoms with Crippen molar-refractivity contribution in [2.75, 3.05) is 6.61 Å². The van der Waals surface area contributed by atoms with Crippen molar-refractivity contribution in [3.8, 4) is 0 Å². The van der Waals surface area contributed by atoms with Gasteiger partial charge in [-0.15, -0.1) is 0 Å². The first-order valence-electron chi connectivity index (χ1n) is 6.01. The molecule has 0 aliphatic rings. The van der Waals surface area contributed by atoms with Gasteiger partial charge < -0.3 is 15.2 Å². The first-order chi connectivity index (χ1) is 9.51. The lowest BCUT2D eigenvalue weighted by Gasteiger charge is -2.16. The van der Waals surface area contributed by atoms with Gasteiger partial charge in [0.05, 0.1) is 6.42 Å². The van der Waals surface area contributed by atoms with Crippen LogP contribution in [-0.4, -0.2) is 29.8 Å². The maximum atomic E-state index is 11.4. The molecule has 0 aliphatic carbocycles. The fraction of sp³-hybridized carbons (Fsp3) is 0.286. The number of carbonyl (C=O) groups is 2. The molecule has 0 aromatic heterocycles. The number of amides is 1. The normalized spacial score (nSPS) is 11.4. The van der Waals surface area contributed by atoms with Crippen molar-refractivity contribution in [3.63, 3.8) is 0 Å². The number of benzene rings is 1. The monoisotopic (exact) mass is 297 g/mol. The molecule has 0 spiro atoms. The van der Waals surface area contributed by atoms with Crippen molar-refractivity contribution in [1.29, 1.82) is 0 Å². The summed E-state index contributed by atoms with van der Waals surface area (Å²) in [6.07, 6.45) is 0.966. The second-order valence-corrected chi connectivity index (χ2v) is 4.59. The molecule has 0 saturated carbocycles. The average molecular weight is 298 g/mol. The molecule has 1 atom stereocenters. The Hall–Kier alpha value is -2.01. The van der Waals surface area contributed by atoms with E-state index >= 15 is 0 Å². The van der Waals surface area contributed by atoms with Gasteiger partial charge in [0.15, 0.2) is 0 Å². The minimum absolute atomic E-state index is 0.0760. The fourth-order valence-electron chi connectivity index (χ4n) is 1.63. The van der Waals surface area contributed by atoms with Crippen molar-refractivity contribution in [2.24, 2.45) is 0 Å². The van der Waals surface area contributed by atoms with E-state index in [1.54, 1.807) is 24.3 Å². The summed E-state index contributed by atoms with van der Waals surface area (Å²) in [5.74, 6) is -0.993. The number of ether oxygens (including phenoxy) is 1. The van der Waals surface area contributed by atoms with Crippen LogP contribution in [0, 0.1) is 0 Å². The van der Waals surface area contributed by atoms with E-state index in [0.717, 1.165) is 5.56 Å². The van der Waals surface area contributed by atoms with Gasteiger partial charge in [-0.2, -0.15) is 0 Å². The molecule has 2 N–H and O–H groups in total. The topological polar surface area (TPSA) is 75.6 Å². The Kier molecular flexibility index (Phi) is 6.59. The molecule has 1 aromatic carbocycles. The second kappa shape index (κ2) is 8.22. The summed E-state index contributed by atoms with van der Waals surface area (Å²) in [6.45, 7) is 3.50. The predicted molar refractivity (Wildman–Crippen MR) is 75.9 cm³/mol. The van der Waals surface area contributed by atoms with Crippen molar-refractivity contribution in [2.45, 2.75) is 18.9 Å². The van der Waals surface area contributed by atoms with Gasteiger partial charge >= 0.3 is 12.1 Å². The van der Waals surface area contributed by atoms with E-state index in [9.17, 15) is 9.59 Å². The summed E-state index contributed by atoms with van der Waals surface area (Å²) in [5.41, 5.74) is 0.879. The Bertz CT molecular complexity index is 473. The largest absolute Gasteiger partial charge is 0.481 e. The summed E-state index contributed by atoms with van der Waals surface area (Å²) in [7, 11) is 0. The molecule has 0 saturated heterocycles. The molecule has 0 aliphatic heterocycles. The number of nitrogens with one attached hydrogen (secondary N) is 1. The molecule has 0 unspecified atom stereocenters. The fourth-order valence-corrected chi connectivity index (χ4v) is 1.76. The average Bonchev–Trinajstić information content (AvgIpc) is 2.38. The molecular formula is C14H16ClNO4. The highest BCUT2D eigenvalue weighted by Gasteiger charge is 2.17. The van der Waals surface area contributed by atoms with Gasteiger partial charge in [0.2, 0.25) is 0 Å². The first kappa shape index (κ1) is 16.0. The number of carboxylic acid groups (broad SMARTS) is 1. The summed E-state index contributed by atoms with van der Waals surface area (Å²) in [6, 6.07) is 6.45. The number of halogens is 1. The lowest BCUT2D eigenvalue weighted by molar-refractivity contribution is -0.137. The van der Waals surface area contributed by atoms with Crippen LogP contribution in [-0.2, 0) is 16.0 Å². The highest BCUT2D eigenvalue weighted by atomic mass is 35.5. The number of hydrogen-bond donors (Lipinski definition) is 2. The Morgan fingerprint density at radius 1 is 1.40 bits per heavy atom. The third-order valence-corrected chi connectivity index (χ3v) is 2.72. The maximum Gasteiger partial charge on any atom is 0.407 e. The van der Waals surface area contributed by atoms with Crippen LogP contribution in [0.3, 0.4) is 0 Å². The second-order valence-electron chi connectivity index (χ2n) is 4.16. The Morgan fingerprint density at radius 2 is 2.05 bits per heavy atom. The van der Waals surface area contributed by atoms with E-state index in [0.29, 0.717) is 11.4 Å². The van der Waals surface area contributed by atoms with Crippen LogP contribution in [0.15, 0.2) is 36.9 Å². The van der Waals surface area contributed by atoms with Crippen LogP contribution in [0.4, 0.5) is 4.79 Å². The minimum Gasteiger partial charge on any atom is -0.481 e. The Morgan fingerprint density at radius 3 is 2.60 bits per heavy atom. The summed E-state index contributed by atoms with van der Waals surface area (Å²) >= 11 is 5.78. The minimum atomic E-state index is -0.993. The SMILES string of the molecule is C=CCOC(=O)N[C@H](CC(=O)O)Cc1ccc(Cl)cc1. The van der Waals surface area contributed by atoms with Crippen LogP contribution in [0.2, 0.25) is 5.02 Å². The van der Waals surface area contributed by atoms with E-state index < -0.39 is 18.1 Å². The van der Waals surface area contributed by atoms with Gasteiger partial charge in [-0.05, 0) is 24.1 Å². The number of carboxylic acids is 1. The molecule has 0 bridgehead atoms. The Labute approximate surface area is 122 Å². The van der Waals surface area contributed by atoms with E-state index in [2.05, 4.69) is 11.9 Å². The van der Waals surface area contributed by atoms with Gasteiger partial charge in [0.1, 0.15) is 6.61 Å². The van der Waals surface area contributed by atoms with Crippen molar-refractivity contribution in [1.82, 2.24) is 5.32 Å². The van der Waals surface area contributed by atoms with Crippen LogP contribution in [0.5, 0.6) is 0 Å². The Balaban J connectivity index is 2.63. The van der Waals surface area contributed by atoms with E-state index in [1.807, 2.05) is 0 Å². The molecule has 0 heterocycles. The smallest absolute Gasteiger partial charge is 0.407 e. The molecule has 1 amide bonds. The maximum absolute atomic E-state index is 11.4. The quantitative estimate of drug-likeness (QED) is 0.759. The molecule has 6 heteroatoms. The van der Waals surface area contributed by atoms with Crippen LogP contribution in [0.25, 0.3) is 0 Å². The number of hydrogen-bond acceptors (Lipinski definition) is 3. The van der Waals surface area contributed by atoms with Gasteiger partial charge in [0.25, 0.3) is 0 Å². The zero-order valence-corrected chi connectivity index (χ0v) is 11.6. The molecule has 1 aromatic rings.